The molecule has 1 aliphatic heterocycles. The highest BCUT2D eigenvalue weighted by Gasteiger charge is 2.46. The van der Waals surface area contributed by atoms with Crippen molar-refractivity contribution in [3.05, 3.63) is 43.0 Å². The molecule has 1 aromatic carbocycles. The minimum absolute atomic E-state index is 0.0208. The number of likely N-dealkylation sites (tertiary alicyclic amines) is 1. The van der Waals surface area contributed by atoms with E-state index in [9.17, 15) is 9.59 Å². The highest BCUT2D eigenvalue weighted by molar-refractivity contribution is 5.80. The van der Waals surface area contributed by atoms with Gasteiger partial charge in [0.1, 0.15) is 5.75 Å². The van der Waals surface area contributed by atoms with Gasteiger partial charge >= 0.3 is 0 Å². The van der Waals surface area contributed by atoms with Crippen molar-refractivity contribution in [3.63, 3.8) is 0 Å². The fourth-order valence-corrected chi connectivity index (χ4v) is 4.05. The molecule has 1 spiro atoms. The first kappa shape index (κ1) is 17.5. The van der Waals surface area contributed by atoms with Crippen LogP contribution in [0.3, 0.4) is 0 Å². The van der Waals surface area contributed by atoms with E-state index in [4.69, 9.17) is 4.74 Å². The first-order valence-corrected chi connectivity index (χ1v) is 9.01. The normalized spacial score (nSPS) is 25.8. The third-order valence-electron chi connectivity index (χ3n) is 5.38. The Morgan fingerprint density at radius 2 is 2.00 bits per heavy atom. The summed E-state index contributed by atoms with van der Waals surface area (Å²) in [5.74, 6) is 0.846. The minimum atomic E-state index is -0.0877. The number of amides is 2. The van der Waals surface area contributed by atoms with Gasteiger partial charge in [-0.15, -0.1) is 6.58 Å². The van der Waals surface area contributed by atoms with Crippen LogP contribution in [0, 0.1) is 0 Å². The second-order valence-electron chi connectivity index (χ2n) is 6.96. The molecule has 2 aliphatic rings. The Labute approximate surface area is 149 Å². The van der Waals surface area contributed by atoms with Crippen LogP contribution in [0.2, 0.25) is 0 Å². The van der Waals surface area contributed by atoms with Crippen molar-refractivity contribution in [2.24, 2.45) is 0 Å². The summed E-state index contributed by atoms with van der Waals surface area (Å²) in [5.41, 5.74) is -0.0208. The van der Waals surface area contributed by atoms with Gasteiger partial charge in [0.15, 0.2) is 6.61 Å². The average Bonchev–Trinajstić information content (AvgIpc) is 2.93. The van der Waals surface area contributed by atoms with Crippen LogP contribution in [-0.4, -0.2) is 41.4 Å². The molecule has 1 saturated heterocycles. The van der Waals surface area contributed by atoms with E-state index >= 15 is 0 Å². The van der Waals surface area contributed by atoms with Gasteiger partial charge in [0.25, 0.3) is 5.91 Å². The number of rotatable bonds is 6. The van der Waals surface area contributed by atoms with Crippen molar-refractivity contribution in [2.45, 2.75) is 50.1 Å². The molecule has 5 nitrogen and oxygen atoms in total. The molecular formula is C20H26N2O3. The van der Waals surface area contributed by atoms with E-state index in [1.54, 1.807) is 6.08 Å². The number of para-hydroxylation sites is 1. The Kier molecular flexibility index (Phi) is 5.41. The van der Waals surface area contributed by atoms with Crippen molar-refractivity contribution in [2.75, 3.05) is 13.2 Å². The molecule has 1 saturated carbocycles. The average molecular weight is 342 g/mol. The predicted octanol–water partition coefficient (Wildman–Crippen LogP) is 2.67. The number of ether oxygens (including phenoxy) is 1. The second kappa shape index (κ2) is 7.72. The van der Waals surface area contributed by atoms with Gasteiger partial charge in [-0.05, 0) is 44.2 Å². The molecule has 1 N–H and O–H groups in total. The molecule has 1 aliphatic carbocycles. The van der Waals surface area contributed by atoms with Gasteiger partial charge in [0.2, 0.25) is 5.91 Å². The lowest BCUT2D eigenvalue weighted by Gasteiger charge is -2.43. The van der Waals surface area contributed by atoms with Gasteiger partial charge in [0.05, 0.1) is 0 Å². The zero-order valence-electron chi connectivity index (χ0n) is 14.6. The maximum Gasteiger partial charge on any atom is 0.258 e. The number of nitrogens with zero attached hydrogens (tertiary/aromatic N) is 1. The van der Waals surface area contributed by atoms with Gasteiger partial charge in [0, 0.05) is 24.5 Å². The van der Waals surface area contributed by atoms with Gasteiger partial charge in [-0.1, -0.05) is 24.3 Å². The Balaban J connectivity index is 1.47. The van der Waals surface area contributed by atoms with Crippen molar-refractivity contribution in [1.29, 1.82) is 0 Å². The number of benzene rings is 1. The molecule has 25 heavy (non-hydrogen) atoms. The van der Waals surface area contributed by atoms with Gasteiger partial charge in [-0.25, -0.2) is 0 Å². The summed E-state index contributed by atoms with van der Waals surface area (Å²) in [6, 6.07) is 9.51. The van der Waals surface area contributed by atoms with E-state index in [0.29, 0.717) is 18.7 Å². The predicted molar refractivity (Wildman–Crippen MR) is 96.2 cm³/mol. The first-order chi connectivity index (χ1) is 12.1. The first-order valence-electron chi connectivity index (χ1n) is 9.01. The molecule has 0 atom stereocenters. The summed E-state index contributed by atoms with van der Waals surface area (Å²) in [5, 5.41) is 3.07. The van der Waals surface area contributed by atoms with Crippen LogP contribution in [-0.2, 0) is 9.59 Å². The van der Waals surface area contributed by atoms with Crippen molar-refractivity contribution < 1.29 is 14.3 Å². The monoisotopic (exact) mass is 342 g/mol. The maximum absolute atomic E-state index is 12.1. The number of carbonyl (C=O) groups is 2. The van der Waals surface area contributed by atoms with Crippen LogP contribution in [0.1, 0.15) is 38.5 Å². The molecule has 2 amide bonds. The summed E-state index contributed by atoms with van der Waals surface area (Å²) >= 11 is 0. The fraction of sp³-hybridized carbons (Fsp3) is 0.500. The van der Waals surface area contributed by atoms with E-state index in [2.05, 4.69) is 11.9 Å². The SMILES string of the molecule is C=CCN1C(=O)CCC12CCC(NC(=O)COc1ccccc1)CC2. The highest BCUT2D eigenvalue weighted by atomic mass is 16.5. The van der Waals surface area contributed by atoms with Gasteiger partial charge in [-0.2, -0.15) is 0 Å². The van der Waals surface area contributed by atoms with Crippen LogP contribution in [0.25, 0.3) is 0 Å². The Hall–Kier alpha value is -2.30. The summed E-state index contributed by atoms with van der Waals surface area (Å²) < 4.78 is 5.49. The quantitative estimate of drug-likeness (QED) is 0.809. The molecule has 1 aromatic rings. The minimum Gasteiger partial charge on any atom is -0.484 e. The molecule has 3 rings (SSSR count). The summed E-state index contributed by atoms with van der Waals surface area (Å²) in [6.07, 6.45) is 7.05. The zero-order chi connectivity index (χ0) is 17.7. The Morgan fingerprint density at radius 3 is 2.68 bits per heavy atom. The van der Waals surface area contributed by atoms with Gasteiger partial charge < -0.3 is 15.0 Å². The van der Waals surface area contributed by atoms with E-state index < -0.39 is 0 Å². The third kappa shape index (κ3) is 4.03. The summed E-state index contributed by atoms with van der Waals surface area (Å²) in [7, 11) is 0. The molecule has 5 heteroatoms. The number of hydrogen-bond donors (Lipinski definition) is 1. The van der Waals surface area contributed by atoms with Crippen LogP contribution in [0.4, 0.5) is 0 Å². The Bertz CT molecular complexity index is 621. The second-order valence-corrected chi connectivity index (χ2v) is 6.96. The Morgan fingerprint density at radius 1 is 1.28 bits per heavy atom. The summed E-state index contributed by atoms with van der Waals surface area (Å²) in [4.78, 5) is 26.2. The van der Waals surface area contributed by atoms with E-state index in [1.807, 2.05) is 35.2 Å². The lowest BCUT2D eigenvalue weighted by molar-refractivity contribution is -0.132. The van der Waals surface area contributed by atoms with Crippen LogP contribution in [0.15, 0.2) is 43.0 Å². The number of nitrogens with one attached hydrogen (secondary N) is 1. The standard InChI is InChI=1S/C20H26N2O3/c1-2-14-22-19(24)10-13-20(22)11-8-16(9-12-20)21-18(23)15-25-17-6-4-3-5-7-17/h2-7,16H,1,8-15H2,(H,21,23). The molecule has 2 fully saturated rings. The molecule has 0 unspecified atom stereocenters. The van der Waals surface area contributed by atoms with Crippen LogP contribution in [0.5, 0.6) is 5.75 Å². The number of carbonyl (C=O) groups excluding carboxylic acids is 2. The smallest absolute Gasteiger partial charge is 0.258 e. The van der Waals surface area contributed by atoms with E-state index in [1.165, 1.54) is 0 Å². The van der Waals surface area contributed by atoms with Crippen LogP contribution < -0.4 is 10.1 Å². The van der Waals surface area contributed by atoms with Crippen LogP contribution >= 0.6 is 0 Å². The van der Waals surface area contributed by atoms with E-state index in [-0.39, 0.29) is 30.0 Å². The molecule has 1 heterocycles. The maximum atomic E-state index is 12.1. The lowest BCUT2D eigenvalue weighted by Crippen LogP contribution is -2.51. The lowest BCUT2D eigenvalue weighted by atomic mass is 9.77. The van der Waals surface area contributed by atoms with E-state index in [0.717, 1.165) is 32.1 Å². The topological polar surface area (TPSA) is 58.6 Å². The van der Waals surface area contributed by atoms with Crippen molar-refractivity contribution in [1.82, 2.24) is 10.2 Å². The van der Waals surface area contributed by atoms with Crippen molar-refractivity contribution >= 4 is 11.8 Å². The number of hydrogen-bond acceptors (Lipinski definition) is 3. The largest absolute Gasteiger partial charge is 0.484 e. The molecule has 0 bridgehead atoms. The molecule has 134 valence electrons. The molecular weight excluding hydrogens is 316 g/mol. The highest BCUT2D eigenvalue weighted by Crippen LogP contribution is 2.42. The third-order valence-corrected chi connectivity index (χ3v) is 5.38. The van der Waals surface area contributed by atoms with Gasteiger partial charge in [-0.3, -0.25) is 9.59 Å². The summed E-state index contributed by atoms with van der Waals surface area (Å²) in [6.45, 7) is 4.43. The molecule has 0 aromatic heterocycles. The molecule has 0 radical (unpaired) electrons. The fourth-order valence-electron chi connectivity index (χ4n) is 4.05. The zero-order valence-corrected chi connectivity index (χ0v) is 14.6. The van der Waals surface area contributed by atoms with Crippen molar-refractivity contribution in [3.8, 4) is 5.75 Å².